The molecule has 0 saturated carbocycles. The highest BCUT2D eigenvalue weighted by atomic mass is 35.5. The van der Waals surface area contributed by atoms with Gasteiger partial charge in [0.1, 0.15) is 24.2 Å². The van der Waals surface area contributed by atoms with Gasteiger partial charge >= 0.3 is 0 Å². The van der Waals surface area contributed by atoms with Gasteiger partial charge in [-0.15, -0.1) is 0 Å². The maximum Gasteiger partial charge on any atom is 0.150 e. The van der Waals surface area contributed by atoms with Crippen LogP contribution in [0.25, 0.3) is 22.1 Å². The molecular formula is C22H15ClO3. The quantitative estimate of drug-likeness (QED) is 0.400. The molecule has 0 unspecified atom stereocenters. The van der Waals surface area contributed by atoms with E-state index < -0.39 is 0 Å². The van der Waals surface area contributed by atoms with Crippen LogP contribution < -0.4 is 4.74 Å². The highest BCUT2D eigenvalue weighted by molar-refractivity contribution is 6.30. The van der Waals surface area contributed by atoms with Crippen LogP contribution in [0, 0.1) is 0 Å². The zero-order chi connectivity index (χ0) is 17.9. The normalized spacial score (nSPS) is 10.8. The average Bonchev–Trinajstić information content (AvgIpc) is 3.10. The minimum Gasteiger partial charge on any atom is -0.489 e. The van der Waals surface area contributed by atoms with E-state index in [0.717, 1.165) is 33.9 Å². The molecule has 3 nitrogen and oxygen atoms in total. The second kappa shape index (κ2) is 7.06. The molecule has 128 valence electrons. The predicted molar refractivity (Wildman–Crippen MR) is 103 cm³/mol. The third kappa shape index (κ3) is 3.35. The molecule has 0 fully saturated rings. The molecule has 0 radical (unpaired) electrons. The second-order valence-electron chi connectivity index (χ2n) is 5.97. The Morgan fingerprint density at radius 2 is 1.85 bits per heavy atom. The van der Waals surface area contributed by atoms with Gasteiger partial charge in [-0.1, -0.05) is 41.9 Å². The van der Waals surface area contributed by atoms with Crippen LogP contribution in [-0.4, -0.2) is 6.29 Å². The number of carbonyl (C=O) groups excluding carboxylic acids is 1. The molecule has 0 atom stereocenters. The van der Waals surface area contributed by atoms with E-state index in [4.69, 9.17) is 20.8 Å². The zero-order valence-corrected chi connectivity index (χ0v) is 14.6. The third-order valence-electron chi connectivity index (χ3n) is 4.19. The number of furan rings is 1. The van der Waals surface area contributed by atoms with Crippen LogP contribution in [0.3, 0.4) is 0 Å². The van der Waals surface area contributed by atoms with Gasteiger partial charge in [0.05, 0.1) is 6.26 Å². The molecule has 3 aromatic carbocycles. The molecule has 0 spiro atoms. The van der Waals surface area contributed by atoms with Crippen molar-refractivity contribution >= 4 is 28.9 Å². The Hall–Kier alpha value is -3.04. The Kier molecular flexibility index (Phi) is 4.46. The molecule has 0 bridgehead atoms. The number of rotatable bonds is 5. The number of hydrogen-bond acceptors (Lipinski definition) is 3. The number of ether oxygens (including phenoxy) is 1. The van der Waals surface area contributed by atoms with Gasteiger partial charge in [0.15, 0.2) is 0 Å². The largest absolute Gasteiger partial charge is 0.489 e. The molecule has 0 aliphatic carbocycles. The lowest BCUT2D eigenvalue weighted by molar-refractivity contribution is 0.112. The first-order valence-electron chi connectivity index (χ1n) is 8.17. The van der Waals surface area contributed by atoms with E-state index in [1.54, 1.807) is 24.5 Å². The van der Waals surface area contributed by atoms with Crippen molar-refractivity contribution in [2.45, 2.75) is 6.61 Å². The van der Waals surface area contributed by atoms with Gasteiger partial charge in [-0.05, 0) is 47.5 Å². The summed E-state index contributed by atoms with van der Waals surface area (Å²) in [5.74, 6) is 0.666. The molecule has 0 aliphatic heterocycles. The summed E-state index contributed by atoms with van der Waals surface area (Å²) in [5, 5.41) is 1.73. The van der Waals surface area contributed by atoms with Gasteiger partial charge < -0.3 is 9.15 Å². The lowest BCUT2D eigenvalue weighted by atomic mass is 10.0. The number of fused-ring (bicyclic) bond motifs is 1. The molecule has 0 N–H and O–H groups in total. The molecule has 0 saturated heterocycles. The van der Waals surface area contributed by atoms with E-state index >= 15 is 0 Å². The van der Waals surface area contributed by atoms with E-state index in [-0.39, 0.29) is 0 Å². The molecule has 0 amide bonds. The monoisotopic (exact) mass is 362 g/mol. The number of aldehydes is 1. The van der Waals surface area contributed by atoms with Gasteiger partial charge in [0.2, 0.25) is 0 Å². The Labute approximate surface area is 155 Å². The Bertz CT molecular complexity index is 1060. The molecular weight excluding hydrogens is 348 g/mol. The smallest absolute Gasteiger partial charge is 0.150 e. The third-order valence-corrected chi connectivity index (χ3v) is 4.44. The Balaban J connectivity index is 1.61. The lowest BCUT2D eigenvalue weighted by Gasteiger charge is -2.07. The summed E-state index contributed by atoms with van der Waals surface area (Å²) < 4.78 is 11.5. The second-order valence-corrected chi connectivity index (χ2v) is 6.40. The Morgan fingerprint density at radius 3 is 2.65 bits per heavy atom. The van der Waals surface area contributed by atoms with Gasteiger partial charge in [-0.25, -0.2) is 0 Å². The van der Waals surface area contributed by atoms with Gasteiger partial charge in [0.25, 0.3) is 0 Å². The van der Waals surface area contributed by atoms with Crippen molar-refractivity contribution in [2.24, 2.45) is 0 Å². The molecule has 1 heterocycles. The van der Waals surface area contributed by atoms with Crippen LogP contribution in [0.15, 0.2) is 77.4 Å². The molecule has 4 heteroatoms. The summed E-state index contributed by atoms with van der Waals surface area (Å²) in [5.41, 5.74) is 4.50. The Morgan fingerprint density at radius 1 is 1.00 bits per heavy atom. The van der Waals surface area contributed by atoms with Crippen molar-refractivity contribution in [3.05, 3.63) is 89.1 Å². The maximum atomic E-state index is 10.9. The fourth-order valence-electron chi connectivity index (χ4n) is 2.86. The van der Waals surface area contributed by atoms with Crippen molar-refractivity contribution < 1.29 is 13.9 Å². The van der Waals surface area contributed by atoms with Crippen molar-refractivity contribution in [2.75, 3.05) is 0 Å². The van der Waals surface area contributed by atoms with Crippen molar-refractivity contribution in [1.29, 1.82) is 0 Å². The highest BCUT2D eigenvalue weighted by Crippen LogP contribution is 2.32. The molecule has 0 aliphatic rings. The average molecular weight is 363 g/mol. The van der Waals surface area contributed by atoms with Crippen molar-refractivity contribution in [3.8, 4) is 16.9 Å². The minimum atomic E-state index is 0.406. The van der Waals surface area contributed by atoms with Crippen LogP contribution in [0.5, 0.6) is 5.75 Å². The summed E-state index contributed by atoms with van der Waals surface area (Å²) in [7, 11) is 0. The van der Waals surface area contributed by atoms with E-state index in [0.29, 0.717) is 22.9 Å². The van der Waals surface area contributed by atoms with Crippen molar-refractivity contribution in [3.63, 3.8) is 0 Å². The number of carbonyl (C=O) groups is 1. The summed E-state index contributed by atoms with van der Waals surface area (Å²) in [4.78, 5) is 10.9. The molecule has 1 aromatic heterocycles. The predicted octanol–water partition coefficient (Wildman–Crippen LogP) is 6.14. The molecule has 4 aromatic rings. The van der Waals surface area contributed by atoms with E-state index in [9.17, 15) is 4.79 Å². The van der Waals surface area contributed by atoms with Crippen LogP contribution in [0.1, 0.15) is 15.9 Å². The topological polar surface area (TPSA) is 39.4 Å². The minimum absolute atomic E-state index is 0.406. The summed E-state index contributed by atoms with van der Waals surface area (Å²) in [6, 6.07) is 20.8. The van der Waals surface area contributed by atoms with E-state index in [1.165, 1.54) is 0 Å². The molecule has 26 heavy (non-hydrogen) atoms. The van der Waals surface area contributed by atoms with Crippen LogP contribution >= 0.6 is 11.6 Å². The van der Waals surface area contributed by atoms with Gasteiger partial charge in [-0.2, -0.15) is 0 Å². The summed E-state index contributed by atoms with van der Waals surface area (Å²) in [6.07, 6.45) is 2.56. The lowest BCUT2D eigenvalue weighted by Crippen LogP contribution is -1.95. The van der Waals surface area contributed by atoms with E-state index in [1.807, 2.05) is 42.5 Å². The highest BCUT2D eigenvalue weighted by Gasteiger charge is 2.09. The summed E-state index contributed by atoms with van der Waals surface area (Å²) in [6.45, 7) is 0.406. The summed E-state index contributed by atoms with van der Waals surface area (Å²) >= 11 is 5.98. The first-order chi connectivity index (χ1) is 12.7. The fraction of sp³-hybridized carbons (Fsp3) is 0.0455. The number of hydrogen-bond donors (Lipinski definition) is 0. The number of benzene rings is 3. The van der Waals surface area contributed by atoms with Crippen LogP contribution in [0.2, 0.25) is 5.02 Å². The standard InChI is InChI=1S/C22H15ClO3/c23-18-7-5-17(6-8-18)21-14-26-22-9-4-16(11-20(21)22)13-25-19-3-1-2-15(10-19)12-24/h1-12,14H,13H2. The van der Waals surface area contributed by atoms with Crippen LogP contribution in [0.4, 0.5) is 0 Å². The fourth-order valence-corrected chi connectivity index (χ4v) is 2.99. The first kappa shape index (κ1) is 16.4. The zero-order valence-electron chi connectivity index (χ0n) is 13.8. The van der Waals surface area contributed by atoms with E-state index in [2.05, 4.69) is 6.07 Å². The number of halogens is 1. The SMILES string of the molecule is O=Cc1cccc(OCc2ccc3occ(-c4ccc(Cl)cc4)c3c2)c1. The van der Waals surface area contributed by atoms with Gasteiger partial charge in [0, 0.05) is 21.5 Å². The molecule has 4 rings (SSSR count). The first-order valence-corrected chi connectivity index (χ1v) is 8.55. The van der Waals surface area contributed by atoms with Gasteiger partial charge in [-0.3, -0.25) is 4.79 Å². The van der Waals surface area contributed by atoms with Crippen molar-refractivity contribution in [1.82, 2.24) is 0 Å². The van der Waals surface area contributed by atoms with Crippen LogP contribution in [-0.2, 0) is 6.61 Å². The maximum absolute atomic E-state index is 10.9.